The average molecular weight is 509 g/mol. The van der Waals surface area contributed by atoms with Crippen LogP contribution in [0.1, 0.15) is 47.1 Å². The van der Waals surface area contributed by atoms with Crippen molar-refractivity contribution < 1.29 is 19.1 Å². The maximum atomic E-state index is 13.4. The molecule has 0 spiro atoms. The molecular formula is C27H29ClN4O4. The molecule has 5 rings (SSSR count). The molecule has 3 heterocycles. The molecule has 1 aromatic heterocycles. The second kappa shape index (κ2) is 8.94. The zero-order valence-electron chi connectivity index (χ0n) is 20.9. The van der Waals surface area contributed by atoms with Crippen molar-refractivity contribution in [2.75, 3.05) is 33.2 Å². The summed E-state index contributed by atoms with van der Waals surface area (Å²) in [5.41, 5.74) is 2.67. The fourth-order valence-corrected chi connectivity index (χ4v) is 4.99. The Balaban J connectivity index is 1.65. The van der Waals surface area contributed by atoms with Crippen LogP contribution in [0.3, 0.4) is 0 Å². The summed E-state index contributed by atoms with van der Waals surface area (Å²) < 4.78 is 7.19. The van der Waals surface area contributed by atoms with Gasteiger partial charge in [0.2, 0.25) is 0 Å². The van der Waals surface area contributed by atoms with Crippen molar-refractivity contribution in [2.45, 2.75) is 32.9 Å². The number of halogens is 1. The molecule has 8 nitrogen and oxygen atoms in total. The first-order chi connectivity index (χ1) is 17.0. The SMILES string of the molecule is CN1CCN(C(=O)c2ccc3c(c2)cc(-c2ccc(Cl)c4c2C(=O)NC4)n3C(=O)OC(C)(C)C)CC1. The maximum absolute atomic E-state index is 13.4. The number of likely N-dealkylation sites (N-methyl/N-ethyl adjacent to an activating group) is 1. The van der Waals surface area contributed by atoms with Crippen molar-refractivity contribution in [1.29, 1.82) is 0 Å². The van der Waals surface area contributed by atoms with E-state index in [4.69, 9.17) is 16.3 Å². The van der Waals surface area contributed by atoms with Gasteiger partial charge in [0.15, 0.2) is 0 Å². The van der Waals surface area contributed by atoms with Gasteiger partial charge in [0.25, 0.3) is 11.8 Å². The van der Waals surface area contributed by atoms with E-state index in [0.717, 1.165) is 13.1 Å². The van der Waals surface area contributed by atoms with Gasteiger partial charge in [-0.25, -0.2) is 9.36 Å². The predicted molar refractivity (Wildman–Crippen MR) is 139 cm³/mol. The Hall–Kier alpha value is -3.36. The van der Waals surface area contributed by atoms with Crippen molar-refractivity contribution in [2.24, 2.45) is 0 Å². The third-order valence-corrected chi connectivity index (χ3v) is 6.95. The van der Waals surface area contributed by atoms with E-state index < -0.39 is 11.7 Å². The van der Waals surface area contributed by atoms with E-state index in [1.807, 2.05) is 18.0 Å². The minimum absolute atomic E-state index is 0.0386. The molecule has 0 aliphatic carbocycles. The Morgan fingerprint density at radius 1 is 1.03 bits per heavy atom. The first kappa shape index (κ1) is 24.3. The standard InChI is InChI=1S/C27H29ClN4O4/c1-27(2,3)36-26(35)32-21-8-5-16(25(34)31-11-9-30(4)10-12-31)13-17(21)14-22(32)18-6-7-20(28)19-15-29-24(33)23(18)19/h5-8,13-14H,9-12,15H2,1-4H3,(H,29,33). The highest BCUT2D eigenvalue weighted by Gasteiger charge is 2.30. The van der Waals surface area contributed by atoms with Gasteiger partial charge in [0, 0.05) is 59.8 Å². The fourth-order valence-electron chi connectivity index (χ4n) is 4.77. The van der Waals surface area contributed by atoms with E-state index in [1.54, 1.807) is 51.1 Å². The van der Waals surface area contributed by atoms with Gasteiger partial charge < -0.3 is 19.9 Å². The molecule has 2 aliphatic heterocycles. The van der Waals surface area contributed by atoms with Crippen LogP contribution in [0.15, 0.2) is 36.4 Å². The number of piperazine rings is 1. The smallest absolute Gasteiger partial charge is 0.419 e. The lowest BCUT2D eigenvalue weighted by atomic mass is 10.00. The number of carbonyl (C=O) groups is 3. The molecule has 1 saturated heterocycles. The first-order valence-electron chi connectivity index (χ1n) is 12.0. The number of hydrogen-bond donors (Lipinski definition) is 1. The monoisotopic (exact) mass is 508 g/mol. The molecule has 0 bridgehead atoms. The number of nitrogens with zero attached hydrogens (tertiary/aromatic N) is 3. The van der Waals surface area contributed by atoms with Crippen molar-refractivity contribution in [1.82, 2.24) is 19.7 Å². The van der Waals surface area contributed by atoms with Gasteiger partial charge >= 0.3 is 6.09 Å². The number of rotatable bonds is 2. The molecule has 188 valence electrons. The van der Waals surface area contributed by atoms with Gasteiger partial charge in [-0.15, -0.1) is 0 Å². The summed E-state index contributed by atoms with van der Waals surface area (Å²) in [6, 6.07) is 10.6. The summed E-state index contributed by atoms with van der Waals surface area (Å²) in [5, 5.41) is 4.02. The Morgan fingerprint density at radius 3 is 2.44 bits per heavy atom. The van der Waals surface area contributed by atoms with Crippen LogP contribution in [-0.2, 0) is 11.3 Å². The highest BCUT2D eigenvalue weighted by molar-refractivity contribution is 6.32. The lowest BCUT2D eigenvalue weighted by molar-refractivity contribution is 0.0546. The van der Waals surface area contributed by atoms with Crippen molar-refractivity contribution in [3.05, 3.63) is 58.1 Å². The minimum Gasteiger partial charge on any atom is -0.443 e. The van der Waals surface area contributed by atoms with E-state index in [0.29, 0.717) is 63.5 Å². The number of benzene rings is 2. The molecule has 1 fully saturated rings. The largest absolute Gasteiger partial charge is 0.443 e. The Kier molecular flexibility index (Phi) is 6.04. The molecule has 0 atom stereocenters. The molecular weight excluding hydrogens is 480 g/mol. The Morgan fingerprint density at radius 2 is 1.75 bits per heavy atom. The molecule has 2 aromatic carbocycles. The maximum Gasteiger partial charge on any atom is 0.419 e. The molecule has 0 radical (unpaired) electrons. The van der Waals surface area contributed by atoms with Crippen molar-refractivity contribution in [3.63, 3.8) is 0 Å². The molecule has 9 heteroatoms. The molecule has 0 unspecified atom stereocenters. The van der Waals surface area contributed by atoms with E-state index in [2.05, 4.69) is 10.2 Å². The van der Waals surface area contributed by atoms with Gasteiger partial charge in [-0.2, -0.15) is 0 Å². The average Bonchev–Trinajstić information content (AvgIpc) is 3.39. The molecule has 2 aliphatic rings. The number of fused-ring (bicyclic) bond motifs is 2. The highest BCUT2D eigenvalue weighted by Crippen LogP contribution is 2.37. The second-order valence-electron chi connectivity index (χ2n) is 10.3. The molecule has 2 amide bonds. The number of nitrogens with one attached hydrogen (secondary N) is 1. The minimum atomic E-state index is -0.721. The van der Waals surface area contributed by atoms with Gasteiger partial charge in [-0.1, -0.05) is 17.7 Å². The van der Waals surface area contributed by atoms with Crippen molar-refractivity contribution >= 4 is 40.4 Å². The molecule has 3 aromatic rings. The normalized spacial score (nSPS) is 16.2. The summed E-state index contributed by atoms with van der Waals surface area (Å²) in [6.45, 7) is 8.74. The van der Waals surface area contributed by atoms with E-state index >= 15 is 0 Å². The second-order valence-corrected chi connectivity index (χ2v) is 10.8. The quantitative estimate of drug-likeness (QED) is 0.555. The topological polar surface area (TPSA) is 83.9 Å². The van der Waals surface area contributed by atoms with Crippen LogP contribution in [0.5, 0.6) is 0 Å². The van der Waals surface area contributed by atoms with Crippen LogP contribution in [0.4, 0.5) is 4.79 Å². The Bertz CT molecular complexity index is 1400. The number of aromatic nitrogens is 1. The van der Waals surface area contributed by atoms with Gasteiger partial charge in [0.05, 0.1) is 16.8 Å². The number of ether oxygens (including phenoxy) is 1. The number of hydrogen-bond acceptors (Lipinski definition) is 5. The van der Waals surface area contributed by atoms with Gasteiger partial charge in [-0.3, -0.25) is 9.59 Å². The van der Waals surface area contributed by atoms with Crippen LogP contribution >= 0.6 is 11.6 Å². The van der Waals surface area contributed by atoms with Crippen LogP contribution in [-0.4, -0.2) is 71.1 Å². The van der Waals surface area contributed by atoms with E-state index in [9.17, 15) is 14.4 Å². The van der Waals surface area contributed by atoms with Crippen LogP contribution in [0.25, 0.3) is 22.2 Å². The summed E-state index contributed by atoms with van der Waals surface area (Å²) in [4.78, 5) is 43.4. The summed E-state index contributed by atoms with van der Waals surface area (Å²) >= 11 is 6.37. The number of carbonyl (C=O) groups excluding carboxylic acids is 3. The summed E-state index contributed by atoms with van der Waals surface area (Å²) in [5.74, 6) is -0.280. The summed E-state index contributed by atoms with van der Waals surface area (Å²) in [7, 11) is 2.04. The third-order valence-electron chi connectivity index (χ3n) is 6.60. The lowest BCUT2D eigenvalue weighted by Crippen LogP contribution is -2.47. The molecule has 1 N–H and O–H groups in total. The predicted octanol–water partition coefficient (Wildman–Crippen LogP) is 4.38. The number of amides is 2. The van der Waals surface area contributed by atoms with Gasteiger partial charge in [0.1, 0.15) is 5.60 Å². The zero-order chi connectivity index (χ0) is 25.8. The van der Waals surface area contributed by atoms with E-state index in [1.165, 1.54) is 4.57 Å². The van der Waals surface area contributed by atoms with Crippen LogP contribution < -0.4 is 5.32 Å². The highest BCUT2D eigenvalue weighted by atomic mass is 35.5. The molecule has 36 heavy (non-hydrogen) atoms. The molecule has 0 saturated carbocycles. The Labute approximate surface area is 214 Å². The van der Waals surface area contributed by atoms with Crippen molar-refractivity contribution in [3.8, 4) is 11.3 Å². The van der Waals surface area contributed by atoms with Crippen LogP contribution in [0.2, 0.25) is 5.02 Å². The lowest BCUT2D eigenvalue weighted by Gasteiger charge is -2.32. The summed E-state index contributed by atoms with van der Waals surface area (Å²) in [6.07, 6.45) is -0.562. The van der Waals surface area contributed by atoms with E-state index in [-0.39, 0.29) is 11.8 Å². The first-order valence-corrected chi connectivity index (χ1v) is 12.4. The fraction of sp³-hybridized carbons (Fsp3) is 0.370. The van der Waals surface area contributed by atoms with Crippen LogP contribution in [0, 0.1) is 0 Å². The zero-order valence-corrected chi connectivity index (χ0v) is 21.6. The third kappa shape index (κ3) is 4.35. The van der Waals surface area contributed by atoms with Gasteiger partial charge in [-0.05, 0) is 58.2 Å².